The van der Waals surface area contributed by atoms with Gasteiger partial charge in [-0.05, 0) is 6.92 Å². The van der Waals surface area contributed by atoms with E-state index in [2.05, 4.69) is 47.4 Å². The zero-order valence-corrected chi connectivity index (χ0v) is 10.0. The topological polar surface area (TPSA) is 54.9 Å². The van der Waals surface area contributed by atoms with Crippen LogP contribution in [0.25, 0.3) is 0 Å². The molecule has 0 aliphatic rings. The van der Waals surface area contributed by atoms with Crippen LogP contribution in [0.2, 0.25) is 0 Å². The highest BCUT2D eigenvalue weighted by molar-refractivity contribution is 9.25. The predicted octanol–water partition coefficient (Wildman–Crippen LogP) is 1.90. The summed E-state index contributed by atoms with van der Waals surface area (Å²) in [5, 5.41) is 11.4. The summed E-state index contributed by atoms with van der Waals surface area (Å²) in [7, 11) is 0. The number of aryl methyl sites for hydroxylation is 1. The van der Waals surface area contributed by atoms with Crippen molar-refractivity contribution < 1.29 is 4.79 Å². The molecule has 66 valence electrons. The molecule has 1 amide bonds. The number of nitrogens with one attached hydrogen (secondary N) is 1. The van der Waals surface area contributed by atoms with Crippen molar-refractivity contribution in [3.8, 4) is 0 Å². The summed E-state index contributed by atoms with van der Waals surface area (Å²) in [5.74, 6) is -0.189. The second-order valence-corrected chi connectivity index (χ2v) is 6.16. The molecule has 0 radical (unpaired) electrons. The van der Waals surface area contributed by atoms with Crippen LogP contribution in [0.1, 0.15) is 5.01 Å². The molecule has 12 heavy (non-hydrogen) atoms. The zero-order chi connectivity index (χ0) is 9.14. The number of alkyl halides is 2. The summed E-state index contributed by atoms with van der Waals surface area (Å²) in [6.45, 7) is 1.83. The molecule has 1 aromatic rings. The van der Waals surface area contributed by atoms with Crippen molar-refractivity contribution >= 4 is 54.2 Å². The second kappa shape index (κ2) is 4.29. The Labute approximate surface area is 90.0 Å². The summed E-state index contributed by atoms with van der Waals surface area (Å²) < 4.78 is -0.394. The molecule has 0 bridgehead atoms. The van der Waals surface area contributed by atoms with Gasteiger partial charge < -0.3 is 0 Å². The van der Waals surface area contributed by atoms with Crippen LogP contribution in [0.15, 0.2) is 0 Å². The number of anilines is 1. The van der Waals surface area contributed by atoms with Crippen LogP contribution in [0, 0.1) is 6.92 Å². The predicted molar refractivity (Wildman–Crippen MR) is 54.9 cm³/mol. The Hall–Kier alpha value is -0.0100. The molecule has 0 aliphatic carbocycles. The van der Waals surface area contributed by atoms with Gasteiger partial charge in [0.05, 0.1) is 0 Å². The van der Waals surface area contributed by atoms with Gasteiger partial charge in [-0.2, -0.15) is 0 Å². The van der Waals surface area contributed by atoms with E-state index in [0.717, 1.165) is 5.01 Å². The van der Waals surface area contributed by atoms with E-state index in [1.165, 1.54) is 11.3 Å². The van der Waals surface area contributed by atoms with Crippen LogP contribution in [-0.2, 0) is 4.79 Å². The maximum absolute atomic E-state index is 11.1. The third kappa shape index (κ3) is 2.80. The molecule has 1 aromatic heterocycles. The van der Waals surface area contributed by atoms with E-state index >= 15 is 0 Å². The Kier molecular flexibility index (Phi) is 3.60. The molecule has 1 rings (SSSR count). The van der Waals surface area contributed by atoms with E-state index in [1.807, 2.05) is 6.92 Å². The van der Waals surface area contributed by atoms with Crippen molar-refractivity contribution in [2.24, 2.45) is 0 Å². The molecule has 0 atom stereocenters. The molecule has 0 spiro atoms. The van der Waals surface area contributed by atoms with Gasteiger partial charge in [0.25, 0.3) is 5.91 Å². The van der Waals surface area contributed by atoms with Gasteiger partial charge in [-0.1, -0.05) is 43.2 Å². The first kappa shape index (κ1) is 10.1. The summed E-state index contributed by atoms with van der Waals surface area (Å²) in [5.41, 5.74) is 0. The highest BCUT2D eigenvalue weighted by Gasteiger charge is 2.12. The van der Waals surface area contributed by atoms with Crippen molar-refractivity contribution in [1.82, 2.24) is 10.2 Å². The van der Waals surface area contributed by atoms with Crippen LogP contribution in [0.3, 0.4) is 0 Å². The lowest BCUT2D eigenvalue weighted by atomic mass is 10.7. The summed E-state index contributed by atoms with van der Waals surface area (Å²) in [4.78, 5) is 11.1. The fraction of sp³-hybridized carbons (Fsp3) is 0.400. The number of nitrogens with zero attached hydrogens (tertiary/aromatic N) is 2. The molecular formula is C5H5Br2N3OS. The lowest BCUT2D eigenvalue weighted by Gasteiger charge is -1.99. The largest absolute Gasteiger partial charge is 0.299 e. The molecule has 0 aliphatic heterocycles. The fourth-order valence-corrected chi connectivity index (χ4v) is 1.33. The Morgan fingerprint density at radius 2 is 2.25 bits per heavy atom. The maximum Gasteiger partial charge on any atom is 0.250 e. The van der Waals surface area contributed by atoms with Gasteiger partial charge in [0, 0.05) is 0 Å². The van der Waals surface area contributed by atoms with Gasteiger partial charge >= 0.3 is 0 Å². The van der Waals surface area contributed by atoms with E-state index in [9.17, 15) is 4.79 Å². The normalized spacial score (nSPS) is 10.3. The minimum Gasteiger partial charge on any atom is -0.299 e. The van der Waals surface area contributed by atoms with Gasteiger partial charge in [-0.3, -0.25) is 10.1 Å². The molecule has 0 saturated heterocycles. The monoisotopic (exact) mass is 313 g/mol. The number of aromatic nitrogens is 2. The van der Waals surface area contributed by atoms with E-state index in [4.69, 9.17) is 0 Å². The van der Waals surface area contributed by atoms with Crippen LogP contribution in [0.5, 0.6) is 0 Å². The Morgan fingerprint density at radius 3 is 2.67 bits per heavy atom. The van der Waals surface area contributed by atoms with Crippen molar-refractivity contribution in [3.63, 3.8) is 0 Å². The first-order valence-electron chi connectivity index (χ1n) is 2.98. The van der Waals surface area contributed by atoms with Crippen molar-refractivity contribution in [3.05, 3.63) is 5.01 Å². The average Bonchev–Trinajstić information content (AvgIpc) is 2.35. The quantitative estimate of drug-likeness (QED) is 0.848. The Morgan fingerprint density at radius 1 is 1.58 bits per heavy atom. The molecule has 0 aromatic carbocycles. The SMILES string of the molecule is Cc1nnc(NC(=O)C(Br)Br)s1. The standard InChI is InChI=1S/C5H5Br2N3OS/c1-2-9-10-5(12-2)8-4(11)3(6)7/h3H,1H3,(H,8,10,11). The third-order valence-electron chi connectivity index (χ3n) is 0.954. The molecular weight excluding hydrogens is 310 g/mol. The maximum atomic E-state index is 11.1. The van der Waals surface area contributed by atoms with Gasteiger partial charge in [-0.25, -0.2) is 0 Å². The summed E-state index contributed by atoms with van der Waals surface area (Å²) in [6, 6.07) is 0. The second-order valence-electron chi connectivity index (χ2n) is 1.92. The van der Waals surface area contributed by atoms with Crippen LogP contribution in [0.4, 0.5) is 5.13 Å². The van der Waals surface area contributed by atoms with Gasteiger partial charge in [0.15, 0.2) is 0 Å². The minimum atomic E-state index is -0.394. The number of amides is 1. The lowest BCUT2D eigenvalue weighted by Crippen LogP contribution is -2.17. The van der Waals surface area contributed by atoms with E-state index < -0.39 is 3.74 Å². The van der Waals surface area contributed by atoms with Crippen molar-refractivity contribution in [2.75, 3.05) is 5.32 Å². The number of hydrogen-bond donors (Lipinski definition) is 1. The first-order valence-corrected chi connectivity index (χ1v) is 5.63. The highest BCUT2D eigenvalue weighted by Crippen LogP contribution is 2.16. The molecule has 0 unspecified atom stereocenters. The molecule has 1 N–H and O–H groups in total. The van der Waals surface area contributed by atoms with Gasteiger partial charge in [-0.15, -0.1) is 10.2 Å². The van der Waals surface area contributed by atoms with Crippen molar-refractivity contribution in [2.45, 2.75) is 10.7 Å². The van der Waals surface area contributed by atoms with Crippen LogP contribution < -0.4 is 5.32 Å². The number of carbonyl (C=O) groups is 1. The number of halogens is 2. The molecule has 0 fully saturated rings. The average molecular weight is 315 g/mol. The Balaban J connectivity index is 2.58. The van der Waals surface area contributed by atoms with E-state index in [-0.39, 0.29) is 5.91 Å². The van der Waals surface area contributed by atoms with Gasteiger partial charge in [0.1, 0.15) is 8.74 Å². The minimum absolute atomic E-state index is 0.189. The van der Waals surface area contributed by atoms with Crippen molar-refractivity contribution in [1.29, 1.82) is 0 Å². The lowest BCUT2D eigenvalue weighted by molar-refractivity contribution is -0.114. The Bertz CT molecular complexity index is 288. The smallest absolute Gasteiger partial charge is 0.250 e. The van der Waals surface area contributed by atoms with Gasteiger partial charge in [0.2, 0.25) is 5.13 Å². The molecule has 7 heteroatoms. The fourth-order valence-electron chi connectivity index (χ4n) is 0.507. The zero-order valence-electron chi connectivity index (χ0n) is 6.04. The molecule has 4 nitrogen and oxygen atoms in total. The third-order valence-corrected chi connectivity index (χ3v) is 2.54. The van der Waals surface area contributed by atoms with E-state index in [1.54, 1.807) is 0 Å². The summed E-state index contributed by atoms with van der Waals surface area (Å²) in [6.07, 6.45) is 0. The molecule has 0 saturated carbocycles. The van der Waals surface area contributed by atoms with Crippen LogP contribution >= 0.6 is 43.2 Å². The highest BCUT2D eigenvalue weighted by atomic mass is 79.9. The number of carbonyl (C=O) groups excluding carboxylic acids is 1. The molecule has 1 heterocycles. The summed E-state index contributed by atoms with van der Waals surface area (Å²) >= 11 is 7.47. The number of rotatable bonds is 2. The first-order chi connectivity index (χ1) is 5.59. The number of hydrogen-bond acceptors (Lipinski definition) is 4. The van der Waals surface area contributed by atoms with Crippen LogP contribution in [-0.4, -0.2) is 19.8 Å². The van der Waals surface area contributed by atoms with E-state index in [0.29, 0.717) is 5.13 Å².